The molecule has 3 rings (SSSR count). The summed E-state index contributed by atoms with van der Waals surface area (Å²) in [5, 5.41) is 16.7. The Morgan fingerprint density at radius 2 is 2.22 bits per heavy atom. The van der Waals surface area contributed by atoms with E-state index in [2.05, 4.69) is 10.2 Å². The average molecular weight is 321 g/mol. The van der Waals surface area contributed by atoms with Crippen molar-refractivity contribution in [3.63, 3.8) is 0 Å². The van der Waals surface area contributed by atoms with E-state index in [0.29, 0.717) is 31.9 Å². The Bertz CT molecular complexity index is 634. The van der Waals surface area contributed by atoms with Crippen molar-refractivity contribution in [2.24, 2.45) is 11.3 Å². The maximum Gasteiger partial charge on any atom is 0.311 e. The van der Waals surface area contributed by atoms with Crippen molar-refractivity contribution in [1.82, 2.24) is 15.1 Å². The van der Waals surface area contributed by atoms with Crippen LogP contribution >= 0.6 is 0 Å². The number of H-pyrrole nitrogens is 1. The van der Waals surface area contributed by atoms with Crippen LogP contribution in [0.2, 0.25) is 0 Å². The summed E-state index contributed by atoms with van der Waals surface area (Å²) in [6.45, 7) is 7.57. The third-order valence-corrected chi connectivity index (χ3v) is 5.02. The molecule has 3 heterocycles. The molecule has 1 aromatic rings. The molecule has 0 aromatic carbocycles. The van der Waals surface area contributed by atoms with Gasteiger partial charge in [-0.3, -0.25) is 14.7 Å². The number of fused-ring (bicyclic) bond motifs is 1. The Balaban J connectivity index is 1.81. The molecule has 1 amide bonds. The molecule has 2 saturated heterocycles. The number of nitrogens with zero attached hydrogens (tertiary/aromatic N) is 2. The van der Waals surface area contributed by atoms with Crippen molar-refractivity contribution < 1.29 is 19.4 Å². The topological polar surface area (TPSA) is 95.5 Å². The van der Waals surface area contributed by atoms with Gasteiger partial charge in [0.05, 0.1) is 12.0 Å². The normalized spacial score (nSPS) is 27.8. The molecule has 0 radical (unpaired) electrons. The number of aliphatic carboxylic acids is 1. The number of aromatic nitrogens is 2. The van der Waals surface area contributed by atoms with Crippen molar-refractivity contribution in [2.75, 3.05) is 26.3 Å². The second-order valence-corrected chi connectivity index (χ2v) is 7.59. The van der Waals surface area contributed by atoms with E-state index in [-0.39, 0.29) is 23.8 Å². The fourth-order valence-corrected chi connectivity index (χ4v) is 3.43. The molecule has 2 fully saturated rings. The number of likely N-dealkylation sites (tertiary alicyclic amines) is 1. The van der Waals surface area contributed by atoms with Crippen LogP contribution in [0.15, 0.2) is 6.07 Å². The van der Waals surface area contributed by atoms with Gasteiger partial charge in [0.25, 0.3) is 5.91 Å². The molecule has 1 aromatic heterocycles. The van der Waals surface area contributed by atoms with Crippen molar-refractivity contribution >= 4 is 11.9 Å². The van der Waals surface area contributed by atoms with Gasteiger partial charge in [-0.15, -0.1) is 0 Å². The molecule has 23 heavy (non-hydrogen) atoms. The van der Waals surface area contributed by atoms with Gasteiger partial charge in [-0.2, -0.15) is 5.10 Å². The number of carbonyl (C=O) groups is 2. The third kappa shape index (κ3) is 2.63. The molecule has 0 bridgehead atoms. The number of amides is 1. The van der Waals surface area contributed by atoms with Crippen LogP contribution in [0.3, 0.4) is 0 Å². The van der Waals surface area contributed by atoms with Crippen LogP contribution < -0.4 is 0 Å². The molecule has 0 aliphatic carbocycles. The first kappa shape index (κ1) is 16.0. The Hall–Kier alpha value is -1.89. The minimum absolute atomic E-state index is 0.124. The van der Waals surface area contributed by atoms with Crippen molar-refractivity contribution in [3.8, 4) is 0 Å². The van der Waals surface area contributed by atoms with Crippen LogP contribution in [0.25, 0.3) is 0 Å². The van der Waals surface area contributed by atoms with Crippen LogP contribution in [0, 0.1) is 11.3 Å². The van der Waals surface area contributed by atoms with E-state index < -0.39 is 11.4 Å². The summed E-state index contributed by atoms with van der Waals surface area (Å²) < 4.78 is 5.42. The van der Waals surface area contributed by atoms with Crippen LogP contribution in [0.4, 0.5) is 0 Å². The summed E-state index contributed by atoms with van der Waals surface area (Å²) in [4.78, 5) is 26.1. The fraction of sp³-hybridized carbons (Fsp3) is 0.688. The number of carbonyl (C=O) groups excluding carboxylic acids is 1. The highest BCUT2D eigenvalue weighted by Crippen LogP contribution is 2.42. The monoisotopic (exact) mass is 321 g/mol. The maximum absolute atomic E-state index is 12.7. The van der Waals surface area contributed by atoms with Gasteiger partial charge in [-0.25, -0.2) is 0 Å². The number of carboxylic acids is 1. The van der Waals surface area contributed by atoms with Crippen LogP contribution in [0.5, 0.6) is 0 Å². The van der Waals surface area contributed by atoms with E-state index in [1.54, 1.807) is 11.0 Å². The van der Waals surface area contributed by atoms with Crippen molar-refractivity contribution in [2.45, 2.75) is 32.6 Å². The molecule has 0 saturated carbocycles. The lowest BCUT2D eigenvalue weighted by molar-refractivity contribution is -0.157. The standard InChI is InChI=1S/C16H23N3O4/c1-15(2,3)12-6-11(17-18-12)13(20)19-7-10-8-23-5-4-16(10,9-19)14(21)22/h6,10H,4-5,7-9H2,1-3H3,(H,17,18)(H,21,22)/t10-,16+/m0/s1. The SMILES string of the molecule is CC(C)(C)c1cc(C(=O)N2C[C@H]3COCC[C@@]3(C(=O)O)C2)n[nH]1. The molecule has 7 nitrogen and oxygen atoms in total. The Kier molecular flexibility index (Phi) is 3.71. The minimum Gasteiger partial charge on any atom is -0.481 e. The van der Waals surface area contributed by atoms with Crippen LogP contribution in [-0.4, -0.2) is 58.4 Å². The molecule has 7 heteroatoms. The first-order valence-corrected chi connectivity index (χ1v) is 7.90. The van der Waals surface area contributed by atoms with Gasteiger partial charge < -0.3 is 14.7 Å². The van der Waals surface area contributed by atoms with Gasteiger partial charge in [-0.05, 0) is 12.5 Å². The van der Waals surface area contributed by atoms with E-state index >= 15 is 0 Å². The van der Waals surface area contributed by atoms with E-state index in [0.717, 1.165) is 5.69 Å². The molecule has 126 valence electrons. The van der Waals surface area contributed by atoms with E-state index in [1.165, 1.54) is 0 Å². The van der Waals surface area contributed by atoms with E-state index in [1.807, 2.05) is 20.8 Å². The maximum atomic E-state index is 12.7. The lowest BCUT2D eigenvalue weighted by Crippen LogP contribution is -2.45. The second-order valence-electron chi connectivity index (χ2n) is 7.59. The summed E-state index contributed by atoms with van der Waals surface area (Å²) in [5.74, 6) is -1.20. The number of hydrogen-bond acceptors (Lipinski definition) is 4. The second kappa shape index (κ2) is 5.33. The average Bonchev–Trinajstić information content (AvgIpc) is 3.11. The summed E-state index contributed by atoms with van der Waals surface area (Å²) in [6, 6.07) is 1.76. The number of nitrogens with one attached hydrogen (secondary N) is 1. The summed E-state index contributed by atoms with van der Waals surface area (Å²) in [6.07, 6.45) is 0.449. The first-order chi connectivity index (χ1) is 10.7. The van der Waals surface area contributed by atoms with Gasteiger partial charge in [0.2, 0.25) is 0 Å². The fourth-order valence-electron chi connectivity index (χ4n) is 3.43. The van der Waals surface area contributed by atoms with Gasteiger partial charge in [0.15, 0.2) is 0 Å². The van der Waals surface area contributed by atoms with Gasteiger partial charge in [-0.1, -0.05) is 20.8 Å². The third-order valence-electron chi connectivity index (χ3n) is 5.02. The molecular formula is C16H23N3O4. The number of carboxylic acid groups (broad SMARTS) is 1. The molecule has 2 N–H and O–H groups in total. The summed E-state index contributed by atoms with van der Waals surface area (Å²) >= 11 is 0. The number of ether oxygens (including phenoxy) is 1. The molecule has 2 atom stereocenters. The summed E-state index contributed by atoms with van der Waals surface area (Å²) in [5.41, 5.74) is 0.223. The molecule has 0 unspecified atom stereocenters. The summed E-state index contributed by atoms with van der Waals surface area (Å²) in [7, 11) is 0. The van der Waals surface area contributed by atoms with Crippen LogP contribution in [0.1, 0.15) is 43.4 Å². The van der Waals surface area contributed by atoms with Crippen LogP contribution in [-0.2, 0) is 14.9 Å². The van der Waals surface area contributed by atoms with Gasteiger partial charge in [0, 0.05) is 36.7 Å². The lowest BCUT2D eigenvalue weighted by Gasteiger charge is -2.33. The molecule has 0 spiro atoms. The predicted octanol–water partition coefficient (Wildman–Crippen LogP) is 1.27. The molecule has 2 aliphatic rings. The Labute approximate surface area is 135 Å². The largest absolute Gasteiger partial charge is 0.481 e. The Morgan fingerprint density at radius 3 is 2.78 bits per heavy atom. The number of aromatic amines is 1. The predicted molar refractivity (Wildman–Crippen MR) is 82.2 cm³/mol. The van der Waals surface area contributed by atoms with E-state index in [9.17, 15) is 14.7 Å². The molecule has 2 aliphatic heterocycles. The minimum atomic E-state index is -0.878. The van der Waals surface area contributed by atoms with E-state index in [4.69, 9.17) is 4.74 Å². The zero-order chi connectivity index (χ0) is 16.8. The van der Waals surface area contributed by atoms with Gasteiger partial charge in [0.1, 0.15) is 5.69 Å². The zero-order valence-electron chi connectivity index (χ0n) is 13.8. The highest BCUT2D eigenvalue weighted by atomic mass is 16.5. The number of hydrogen-bond donors (Lipinski definition) is 2. The molecular weight excluding hydrogens is 298 g/mol. The van der Waals surface area contributed by atoms with Gasteiger partial charge >= 0.3 is 5.97 Å². The van der Waals surface area contributed by atoms with Crippen molar-refractivity contribution in [3.05, 3.63) is 17.5 Å². The number of rotatable bonds is 2. The smallest absolute Gasteiger partial charge is 0.311 e. The quantitative estimate of drug-likeness (QED) is 0.855. The highest BCUT2D eigenvalue weighted by Gasteiger charge is 2.55. The highest BCUT2D eigenvalue weighted by molar-refractivity contribution is 5.93. The first-order valence-electron chi connectivity index (χ1n) is 7.90. The van der Waals surface area contributed by atoms with Crippen molar-refractivity contribution in [1.29, 1.82) is 0 Å². The zero-order valence-corrected chi connectivity index (χ0v) is 13.8. The lowest BCUT2D eigenvalue weighted by atomic mass is 9.74. The Morgan fingerprint density at radius 1 is 1.48 bits per heavy atom.